The van der Waals surface area contributed by atoms with Crippen LogP contribution in [0.15, 0.2) is 18.3 Å². The minimum atomic E-state index is -0.0152. The second kappa shape index (κ2) is 8.66. The van der Waals surface area contributed by atoms with Crippen LogP contribution in [0.4, 0.5) is 10.5 Å². The summed E-state index contributed by atoms with van der Waals surface area (Å²) in [7, 11) is 0. The molecule has 0 aliphatic carbocycles. The zero-order chi connectivity index (χ0) is 17.5. The van der Waals surface area contributed by atoms with Crippen molar-refractivity contribution >= 4 is 17.6 Å². The number of likely N-dealkylation sites (tertiary alicyclic amines) is 1. The predicted molar refractivity (Wildman–Crippen MR) is 94.8 cm³/mol. The van der Waals surface area contributed by atoms with Gasteiger partial charge in [-0.25, -0.2) is 4.79 Å². The van der Waals surface area contributed by atoms with Gasteiger partial charge >= 0.3 is 6.03 Å². The Bertz CT molecular complexity index is 574. The summed E-state index contributed by atoms with van der Waals surface area (Å²) in [6, 6.07) is 3.63. The number of nitrogens with one attached hydrogen (secondary N) is 2. The van der Waals surface area contributed by atoms with Crippen molar-refractivity contribution in [3.8, 4) is 0 Å². The lowest BCUT2D eigenvalue weighted by Gasteiger charge is -2.32. The second-order valence-corrected chi connectivity index (χ2v) is 6.97. The van der Waals surface area contributed by atoms with Gasteiger partial charge in [-0.2, -0.15) is 0 Å². The number of carbonyl (C=O) groups is 2. The van der Waals surface area contributed by atoms with Crippen LogP contribution < -0.4 is 10.6 Å². The first-order valence-electron chi connectivity index (χ1n) is 8.69. The summed E-state index contributed by atoms with van der Waals surface area (Å²) in [6.45, 7) is 8.14. The lowest BCUT2D eigenvalue weighted by molar-refractivity contribution is -0.117. The highest BCUT2D eigenvalue weighted by atomic mass is 16.2. The fourth-order valence-corrected chi connectivity index (χ4v) is 2.92. The van der Waals surface area contributed by atoms with Crippen LogP contribution >= 0.6 is 0 Å². The molecule has 1 atom stereocenters. The number of aryl methyl sites for hydroxylation is 1. The van der Waals surface area contributed by atoms with Gasteiger partial charge in [0, 0.05) is 43.6 Å². The first-order valence-corrected chi connectivity index (χ1v) is 8.69. The Labute approximate surface area is 144 Å². The van der Waals surface area contributed by atoms with E-state index in [1.54, 1.807) is 12.3 Å². The highest BCUT2D eigenvalue weighted by molar-refractivity contribution is 5.90. The van der Waals surface area contributed by atoms with Gasteiger partial charge in [-0.15, -0.1) is 0 Å². The van der Waals surface area contributed by atoms with Gasteiger partial charge in [0.25, 0.3) is 0 Å². The Morgan fingerprint density at radius 2 is 2.21 bits per heavy atom. The van der Waals surface area contributed by atoms with E-state index >= 15 is 0 Å². The number of anilines is 1. The number of carbonyl (C=O) groups excluding carboxylic acids is 2. The topological polar surface area (TPSA) is 74.3 Å². The lowest BCUT2D eigenvalue weighted by atomic mass is 9.94. The zero-order valence-electron chi connectivity index (χ0n) is 14.8. The molecule has 1 aromatic rings. The Morgan fingerprint density at radius 1 is 1.42 bits per heavy atom. The molecule has 1 saturated heterocycles. The molecule has 2 rings (SSSR count). The van der Waals surface area contributed by atoms with Gasteiger partial charge in [0.15, 0.2) is 0 Å². The molecule has 0 spiro atoms. The summed E-state index contributed by atoms with van der Waals surface area (Å²) < 4.78 is 0. The number of aromatic nitrogens is 1. The number of urea groups is 1. The number of hydrogen-bond donors (Lipinski definition) is 2. The van der Waals surface area contributed by atoms with Crippen molar-refractivity contribution in [3.05, 3.63) is 24.0 Å². The number of nitrogens with zero attached hydrogens (tertiary/aromatic N) is 2. The summed E-state index contributed by atoms with van der Waals surface area (Å²) in [5, 5.41) is 5.87. The summed E-state index contributed by atoms with van der Waals surface area (Å²) in [4.78, 5) is 30.4. The van der Waals surface area contributed by atoms with E-state index in [0.29, 0.717) is 25.4 Å². The Hall–Kier alpha value is -2.11. The van der Waals surface area contributed by atoms with Crippen molar-refractivity contribution in [1.82, 2.24) is 15.2 Å². The van der Waals surface area contributed by atoms with Crippen LogP contribution in [0, 0.1) is 18.8 Å². The molecule has 0 aromatic carbocycles. The van der Waals surface area contributed by atoms with E-state index in [0.717, 1.165) is 30.8 Å². The average molecular weight is 332 g/mol. The van der Waals surface area contributed by atoms with E-state index in [1.807, 2.05) is 17.9 Å². The van der Waals surface area contributed by atoms with Crippen LogP contribution in [-0.4, -0.2) is 41.5 Å². The molecule has 0 radical (unpaired) electrons. The van der Waals surface area contributed by atoms with Crippen molar-refractivity contribution in [2.75, 3.05) is 25.0 Å². The van der Waals surface area contributed by atoms with Gasteiger partial charge in [-0.1, -0.05) is 13.8 Å². The van der Waals surface area contributed by atoms with E-state index in [2.05, 4.69) is 29.5 Å². The molecular weight excluding hydrogens is 304 g/mol. The predicted octanol–water partition coefficient (Wildman–Crippen LogP) is 2.80. The normalized spacial score (nSPS) is 17.7. The van der Waals surface area contributed by atoms with Gasteiger partial charge < -0.3 is 15.5 Å². The van der Waals surface area contributed by atoms with Crippen molar-refractivity contribution in [3.63, 3.8) is 0 Å². The van der Waals surface area contributed by atoms with Crippen LogP contribution in [0.3, 0.4) is 0 Å². The highest BCUT2D eigenvalue weighted by Crippen LogP contribution is 2.20. The largest absolute Gasteiger partial charge is 0.338 e. The number of piperidine rings is 1. The third-order valence-electron chi connectivity index (χ3n) is 4.12. The van der Waals surface area contributed by atoms with E-state index < -0.39 is 0 Å². The molecule has 1 fully saturated rings. The third-order valence-corrected chi connectivity index (χ3v) is 4.12. The van der Waals surface area contributed by atoms with Crippen LogP contribution in [0.2, 0.25) is 0 Å². The first-order chi connectivity index (χ1) is 11.4. The molecule has 0 saturated carbocycles. The highest BCUT2D eigenvalue weighted by Gasteiger charge is 2.25. The molecule has 1 aliphatic rings. The molecule has 2 heterocycles. The molecule has 24 heavy (non-hydrogen) atoms. The van der Waals surface area contributed by atoms with Crippen LogP contribution in [0.5, 0.6) is 0 Å². The SMILES string of the molecule is Cc1cc(NC(=O)C[C@H]2CCCN(C(=O)NCC(C)C)C2)ccn1. The van der Waals surface area contributed by atoms with Crippen molar-refractivity contribution in [2.45, 2.75) is 40.0 Å². The molecule has 132 valence electrons. The fourth-order valence-electron chi connectivity index (χ4n) is 2.92. The molecule has 0 unspecified atom stereocenters. The van der Waals surface area contributed by atoms with Gasteiger partial charge in [-0.3, -0.25) is 9.78 Å². The first kappa shape index (κ1) is 18.2. The zero-order valence-corrected chi connectivity index (χ0v) is 14.8. The van der Waals surface area contributed by atoms with Crippen molar-refractivity contribution in [1.29, 1.82) is 0 Å². The lowest BCUT2D eigenvalue weighted by Crippen LogP contribution is -2.46. The minimum Gasteiger partial charge on any atom is -0.338 e. The summed E-state index contributed by atoms with van der Waals surface area (Å²) in [5.74, 6) is 0.644. The van der Waals surface area contributed by atoms with E-state index in [-0.39, 0.29) is 17.9 Å². The van der Waals surface area contributed by atoms with Crippen LogP contribution in [0.25, 0.3) is 0 Å². The number of rotatable bonds is 5. The molecule has 2 N–H and O–H groups in total. The fraction of sp³-hybridized carbons (Fsp3) is 0.611. The standard InChI is InChI=1S/C18H28N4O2/c1-13(2)11-20-18(24)22-8-4-5-15(12-22)10-17(23)21-16-6-7-19-14(3)9-16/h6-7,9,13,15H,4-5,8,10-12H2,1-3H3,(H,20,24)(H,19,21,23)/t15-/m1/s1. The van der Waals surface area contributed by atoms with Crippen LogP contribution in [-0.2, 0) is 4.79 Å². The molecule has 1 aromatic heterocycles. The molecule has 3 amide bonds. The van der Waals surface area contributed by atoms with Crippen molar-refractivity contribution < 1.29 is 9.59 Å². The monoisotopic (exact) mass is 332 g/mol. The maximum atomic E-state index is 12.2. The molecule has 6 heteroatoms. The number of amides is 3. The summed E-state index contributed by atoms with van der Waals surface area (Å²) in [5.41, 5.74) is 1.65. The van der Waals surface area contributed by atoms with Gasteiger partial charge in [0.1, 0.15) is 0 Å². The molecule has 0 bridgehead atoms. The molecule has 1 aliphatic heterocycles. The second-order valence-electron chi connectivity index (χ2n) is 6.97. The Balaban J connectivity index is 1.81. The van der Waals surface area contributed by atoms with Gasteiger partial charge in [0.05, 0.1) is 0 Å². The van der Waals surface area contributed by atoms with Crippen molar-refractivity contribution in [2.24, 2.45) is 11.8 Å². The number of hydrogen-bond acceptors (Lipinski definition) is 3. The third kappa shape index (κ3) is 5.83. The van der Waals surface area contributed by atoms with E-state index in [4.69, 9.17) is 0 Å². The summed E-state index contributed by atoms with van der Waals surface area (Å²) >= 11 is 0. The number of pyridine rings is 1. The Kier molecular flexibility index (Phi) is 6.58. The molecule has 6 nitrogen and oxygen atoms in total. The maximum absolute atomic E-state index is 12.2. The minimum absolute atomic E-state index is 0.00459. The van der Waals surface area contributed by atoms with Crippen LogP contribution in [0.1, 0.15) is 38.8 Å². The van der Waals surface area contributed by atoms with E-state index in [1.165, 1.54) is 0 Å². The van der Waals surface area contributed by atoms with Gasteiger partial charge in [0.2, 0.25) is 5.91 Å². The summed E-state index contributed by atoms with van der Waals surface area (Å²) in [6.07, 6.45) is 4.06. The van der Waals surface area contributed by atoms with E-state index in [9.17, 15) is 9.59 Å². The smallest absolute Gasteiger partial charge is 0.317 e. The average Bonchev–Trinajstić information content (AvgIpc) is 2.52. The Morgan fingerprint density at radius 3 is 2.92 bits per heavy atom. The quantitative estimate of drug-likeness (QED) is 0.871. The maximum Gasteiger partial charge on any atom is 0.317 e. The van der Waals surface area contributed by atoms with Gasteiger partial charge in [-0.05, 0) is 43.7 Å². The molecular formula is C18H28N4O2.